The van der Waals surface area contributed by atoms with Crippen molar-refractivity contribution < 1.29 is 0 Å². The summed E-state index contributed by atoms with van der Waals surface area (Å²) in [5.74, 6) is 3.02. The second-order valence-electron chi connectivity index (χ2n) is 5.83. The Kier molecular flexibility index (Phi) is 1.93. The van der Waals surface area contributed by atoms with E-state index in [1.165, 1.54) is 24.0 Å². The van der Waals surface area contributed by atoms with Crippen molar-refractivity contribution in [3.05, 3.63) is 53.7 Å². The van der Waals surface area contributed by atoms with E-state index in [-0.39, 0.29) is 0 Å². The molecule has 1 aromatic carbocycles. The smallest absolute Gasteiger partial charge is 0.180 e. The summed E-state index contributed by atoms with van der Waals surface area (Å²) < 4.78 is 0. The Bertz CT molecular complexity index is 774. The van der Waals surface area contributed by atoms with Gasteiger partial charge in [0.15, 0.2) is 5.65 Å². The molecule has 0 aliphatic heterocycles. The highest BCUT2D eigenvalue weighted by molar-refractivity contribution is 5.69. The van der Waals surface area contributed by atoms with E-state index in [1.807, 2.05) is 0 Å². The topological polar surface area (TPSA) is 54.5 Å². The van der Waals surface area contributed by atoms with Crippen LogP contribution in [0.25, 0.3) is 11.2 Å². The fraction of sp³-hybridized carbons (Fsp3) is 0.312. The third-order valence-corrected chi connectivity index (χ3v) is 4.83. The van der Waals surface area contributed by atoms with Crippen molar-refractivity contribution in [2.24, 2.45) is 5.92 Å². The first kappa shape index (κ1) is 10.5. The highest BCUT2D eigenvalue weighted by atomic mass is 15.0. The van der Waals surface area contributed by atoms with E-state index in [1.54, 1.807) is 12.5 Å². The minimum atomic E-state index is 0.535. The lowest BCUT2D eigenvalue weighted by Gasteiger charge is -2.13. The van der Waals surface area contributed by atoms with Gasteiger partial charge >= 0.3 is 0 Å². The molecule has 0 radical (unpaired) electrons. The first-order valence-corrected chi connectivity index (χ1v) is 7.15. The molecule has 20 heavy (non-hydrogen) atoms. The maximum Gasteiger partial charge on any atom is 0.180 e. The Morgan fingerprint density at radius 3 is 3.05 bits per heavy atom. The molecule has 3 aromatic rings. The van der Waals surface area contributed by atoms with Gasteiger partial charge in [-0.2, -0.15) is 0 Å². The van der Waals surface area contributed by atoms with Crippen LogP contribution in [0.5, 0.6) is 0 Å². The van der Waals surface area contributed by atoms with Crippen molar-refractivity contribution in [2.45, 2.75) is 24.7 Å². The SMILES string of the molecule is c1ccc2c(c1)CCC1C(c3nc4ncncc4[nH]3)C21. The molecular formula is C16H14N4. The summed E-state index contributed by atoms with van der Waals surface area (Å²) in [6.45, 7) is 0. The van der Waals surface area contributed by atoms with Crippen LogP contribution >= 0.6 is 0 Å². The second kappa shape index (κ2) is 3.66. The average molecular weight is 262 g/mol. The van der Waals surface area contributed by atoms with E-state index in [4.69, 9.17) is 0 Å². The molecule has 1 N–H and O–H groups in total. The Morgan fingerprint density at radius 1 is 1.15 bits per heavy atom. The normalized spacial score (nSPS) is 27.1. The summed E-state index contributed by atoms with van der Waals surface area (Å²) in [5, 5.41) is 0. The third kappa shape index (κ3) is 1.33. The van der Waals surface area contributed by atoms with Crippen molar-refractivity contribution in [3.63, 3.8) is 0 Å². The minimum absolute atomic E-state index is 0.535. The van der Waals surface area contributed by atoms with Gasteiger partial charge in [0.1, 0.15) is 17.7 Å². The molecule has 2 heterocycles. The minimum Gasteiger partial charge on any atom is -0.339 e. The number of nitrogens with one attached hydrogen (secondary N) is 1. The van der Waals surface area contributed by atoms with Gasteiger partial charge in [0.25, 0.3) is 0 Å². The van der Waals surface area contributed by atoms with E-state index >= 15 is 0 Å². The van der Waals surface area contributed by atoms with Crippen LogP contribution in [0.15, 0.2) is 36.8 Å². The number of H-pyrrole nitrogens is 1. The van der Waals surface area contributed by atoms with Crippen LogP contribution < -0.4 is 0 Å². The number of aromatic amines is 1. The van der Waals surface area contributed by atoms with E-state index in [0.717, 1.165) is 22.9 Å². The van der Waals surface area contributed by atoms with E-state index in [2.05, 4.69) is 44.2 Å². The average Bonchev–Trinajstić information content (AvgIpc) is 3.09. The van der Waals surface area contributed by atoms with Crippen LogP contribution in [0.1, 0.15) is 35.2 Å². The number of aryl methyl sites for hydroxylation is 1. The number of fused-ring (bicyclic) bond motifs is 4. The highest BCUT2D eigenvalue weighted by Gasteiger charge is 2.55. The quantitative estimate of drug-likeness (QED) is 0.733. The summed E-state index contributed by atoms with van der Waals surface area (Å²) >= 11 is 0. The molecule has 0 amide bonds. The summed E-state index contributed by atoms with van der Waals surface area (Å²) in [4.78, 5) is 16.3. The first-order chi connectivity index (χ1) is 9.92. The van der Waals surface area contributed by atoms with Gasteiger partial charge in [0.05, 0.1) is 6.20 Å². The maximum absolute atomic E-state index is 4.67. The molecule has 2 aliphatic rings. The number of imidazole rings is 1. The molecule has 2 aliphatic carbocycles. The van der Waals surface area contributed by atoms with Crippen molar-refractivity contribution in [1.82, 2.24) is 19.9 Å². The molecule has 0 bridgehead atoms. The number of nitrogens with zero attached hydrogens (tertiary/aromatic N) is 3. The zero-order valence-electron chi connectivity index (χ0n) is 11.0. The fourth-order valence-electron chi connectivity index (χ4n) is 3.88. The standard InChI is InChI=1S/C16H14N4/c1-2-4-10-9(3-1)5-6-11-13(10)14(11)16-19-12-7-17-8-18-15(12)20-16/h1-4,7-8,11,13-14H,5-6H2,(H,17,18,19,20). The predicted molar refractivity (Wildman–Crippen MR) is 75.4 cm³/mol. The lowest BCUT2D eigenvalue weighted by Crippen LogP contribution is -2.00. The second-order valence-corrected chi connectivity index (χ2v) is 5.83. The number of rotatable bonds is 1. The number of aromatic nitrogens is 4. The van der Waals surface area contributed by atoms with Gasteiger partial charge in [-0.1, -0.05) is 24.3 Å². The maximum atomic E-state index is 4.67. The van der Waals surface area contributed by atoms with Crippen molar-refractivity contribution in [2.75, 3.05) is 0 Å². The summed E-state index contributed by atoms with van der Waals surface area (Å²) in [6.07, 6.45) is 5.84. The van der Waals surface area contributed by atoms with Crippen LogP contribution in [-0.4, -0.2) is 19.9 Å². The molecular weight excluding hydrogens is 248 g/mol. The van der Waals surface area contributed by atoms with Gasteiger partial charge in [0.2, 0.25) is 0 Å². The Labute approximate surface area is 116 Å². The fourth-order valence-corrected chi connectivity index (χ4v) is 3.88. The van der Waals surface area contributed by atoms with Gasteiger partial charge in [-0.15, -0.1) is 0 Å². The van der Waals surface area contributed by atoms with E-state index < -0.39 is 0 Å². The molecule has 4 heteroatoms. The molecule has 2 aromatic heterocycles. The molecule has 98 valence electrons. The van der Waals surface area contributed by atoms with Gasteiger partial charge in [-0.05, 0) is 35.8 Å². The van der Waals surface area contributed by atoms with Gasteiger partial charge in [-0.3, -0.25) is 0 Å². The van der Waals surface area contributed by atoms with Crippen LogP contribution in [0.2, 0.25) is 0 Å². The summed E-state index contributed by atoms with van der Waals surface area (Å²) in [5.41, 5.74) is 4.78. The van der Waals surface area contributed by atoms with Gasteiger partial charge in [0, 0.05) is 5.92 Å². The Morgan fingerprint density at radius 2 is 2.10 bits per heavy atom. The first-order valence-electron chi connectivity index (χ1n) is 7.15. The zero-order chi connectivity index (χ0) is 13.1. The highest BCUT2D eigenvalue weighted by Crippen LogP contribution is 2.64. The van der Waals surface area contributed by atoms with Crippen molar-refractivity contribution in [1.29, 1.82) is 0 Å². The van der Waals surface area contributed by atoms with Gasteiger partial charge < -0.3 is 4.98 Å². The molecule has 4 nitrogen and oxygen atoms in total. The Balaban J connectivity index is 1.58. The molecule has 1 fully saturated rings. The van der Waals surface area contributed by atoms with Crippen LogP contribution in [-0.2, 0) is 6.42 Å². The van der Waals surface area contributed by atoms with Crippen LogP contribution in [0.4, 0.5) is 0 Å². The molecule has 0 spiro atoms. The number of hydrogen-bond acceptors (Lipinski definition) is 3. The molecule has 3 unspecified atom stereocenters. The van der Waals surface area contributed by atoms with Crippen molar-refractivity contribution >= 4 is 11.2 Å². The van der Waals surface area contributed by atoms with Gasteiger partial charge in [-0.25, -0.2) is 15.0 Å². The van der Waals surface area contributed by atoms with Crippen molar-refractivity contribution in [3.8, 4) is 0 Å². The molecule has 1 saturated carbocycles. The predicted octanol–water partition coefficient (Wildman–Crippen LogP) is 2.80. The number of hydrogen-bond donors (Lipinski definition) is 1. The Hall–Kier alpha value is -2.23. The number of benzene rings is 1. The van der Waals surface area contributed by atoms with E-state index in [9.17, 15) is 0 Å². The zero-order valence-corrected chi connectivity index (χ0v) is 11.0. The third-order valence-electron chi connectivity index (χ3n) is 4.83. The lowest BCUT2D eigenvalue weighted by atomic mass is 9.92. The lowest BCUT2D eigenvalue weighted by molar-refractivity contribution is 0.655. The van der Waals surface area contributed by atoms with Crippen LogP contribution in [0, 0.1) is 5.92 Å². The summed E-state index contributed by atoms with van der Waals surface area (Å²) in [6, 6.07) is 8.85. The molecule has 5 rings (SSSR count). The molecule has 0 saturated heterocycles. The van der Waals surface area contributed by atoms with Crippen LogP contribution in [0.3, 0.4) is 0 Å². The summed E-state index contributed by atoms with van der Waals surface area (Å²) in [7, 11) is 0. The largest absolute Gasteiger partial charge is 0.339 e. The van der Waals surface area contributed by atoms with E-state index in [0.29, 0.717) is 11.8 Å². The molecule has 3 atom stereocenters. The monoisotopic (exact) mass is 262 g/mol.